The molecule has 3 unspecified atom stereocenters. The zero-order valence-electron chi connectivity index (χ0n) is 20.9. The van der Waals surface area contributed by atoms with E-state index in [1.54, 1.807) is 24.1 Å². The van der Waals surface area contributed by atoms with Gasteiger partial charge in [-0.15, -0.1) is 0 Å². The van der Waals surface area contributed by atoms with Crippen LogP contribution in [0.15, 0.2) is 29.3 Å². The third-order valence-corrected chi connectivity index (χ3v) is 8.93. The first-order chi connectivity index (χ1) is 17.0. The predicted molar refractivity (Wildman–Crippen MR) is 134 cm³/mol. The third kappa shape index (κ3) is 4.97. The molecule has 2 N–H and O–H groups in total. The van der Waals surface area contributed by atoms with Gasteiger partial charge in [0.05, 0.1) is 6.61 Å². The van der Waals surface area contributed by atoms with E-state index >= 15 is 0 Å². The van der Waals surface area contributed by atoms with Crippen molar-refractivity contribution in [2.75, 3.05) is 20.3 Å². The second-order valence-corrected chi connectivity index (χ2v) is 11.1. The molecule has 0 radical (unpaired) electrons. The van der Waals surface area contributed by atoms with E-state index < -0.39 is 11.3 Å². The summed E-state index contributed by atoms with van der Waals surface area (Å²) < 4.78 is 6.91. The topological polar surface area (TPSA) is 89.4 Å². The number of hydrogen-bond acceptors (Lipinski definition) is 4. The number of amides is 2. The summed E-state index contributed by atoms with van der Waals surface area (Å²) >= 11 is 0. The van der Waals surface area contributed by atoms with Gasteiger partial charge in [-0.25, -0.2) is 0 Å². The van der Waals surface area contributed by atoms with Crippen molar-refractivity contribution >= 4 is 11.8 Å². The standard InChI is InChI=1S/C28H39N3O4/c1-35-14-13-31-17-22(26(33)29-16-19-15-20-9-10-24(19)28(20)11-12-28)25(32)23(18-31)27(34)30-21-7-5-3-2-4-6-8-21/h9-10,17-21,24H,2-8,11-16H2,1H3,(H,29,33)(H,30,34). The molecular formula is C28H39N3O4. The second kappa shape index (κ2) is 10.3. The van der Waals surface area contributed by atoms with Crippen molar-refractivity contribution in [3.05, 3.63) is 45.9 Å². The summed E-state index contributed by atoms with van der Waals surface area (Å²) in [6.45, 7) is 1.45. The highest BCUT2D eigenvalue weighted by Gasteiger charge is 2.62. The van der Waals surface area contributed by atoms with Crippen molar-refractivity contribution in [1.82, 2.24) is 15.2 Å². The lowest BCUT2D eigenvalue weighted by Gasteiger charge is -2.22. The summed E-state index contributed by atoms with van der Waals surface area (Å²) in [7, 11) is 1.61. The first kappa shape index (κ1) is 24.3. The molecule has 1 aromatic heterocycles. The van der Waals surface area contributed by atoms with E-state index in [0.717, 1.165) is 32.1 Å². The number of methoxy groups -OCH3 is 1. The number of hydrogen-bond donors (Lipinski definition) is 2. The van der Waals surface area contributed by atoms with Crippen LogP contribution in [0.4, 0.5) is 0 Å². The zero-order valence-corrected chi connectivity index (χ0v) is 20.9. The maximum atomic E-state index is 13.3. The average Bonchev–Trinajstić information content (AvgIpc) is 3.50. The molecular weight excluding hydrogens is 442 g/mol. The van der Waals surface area contributed by atoms with E-state index in [2.05, 4.69) is 22.8 Å². The normalized spacial score (nSPS) is 26.9. The fraction of sp³-hybridized carbons (Fsp3) is 0.679. The summed E-state index contributed by atoms with van der Waals surface area (Å²) in [4.78, 5) is 39.6. The van der Waals surface area contributed by atoms with Crippen LogP contribution < -0.4 is 16.1 Å². The molecule has 3 saturated carbocycles. The molecule has 3 fully saturated rings. The fourth-order valence-electron chi connectivity index (χ4n) is 6.82. The number of aromatic nitrogens is 1. The molecule has 2 bridgehead atoms. The lowest BCUT2D eigenvalue weighted by atomic mass is 9.89. The minimum atomic E-state index is -0.494. The minimum absolute atomic E-state index is 0.0336. The van der Waals surface area contributed by atoms with E-state index in [1.807, 2.05) is 0 Å². The lowest BCUT2D eigenvalue weighted by molar-refractivity contribution is 0.0928. The molecule has 0 saturated heterocycles. The van der Waals surface area contributed by atoms with Crippen molar-refractivity contribution in [3.63, 3.8) is 0 Å². The van der Waals surface area contributed by atoms with Crippen LogP contribution in [0, 0.1) is 23.2 Å². The van der Waals surface area contributed by atoms with Crippen molar-refractivity contribution in [1.29, 1.82) is 0 Å². The number of ether oxygens (including phenoxy) is 1. The quantitative estimate of drug-likeness (QED) is 0.555. The highest BCUT2D eigenvalue weighted by molar-refractivity contribution is 5.99. The number of allylic oxidation sites excluding steroid dienone is 2. The number of carbonyl (C=O) groups excluding carboxylic acids is 2. The Morgan fingerprint density at radius 1 is 1.03 bits per heavy atom. The van der Waals surface area contributed by atoms with Gasteiger partial charge in [-0.1, -0.05) is 44.3 Å². The Hall–Kier alpha value is -2.41. The highest BCUT2D eigenvalue weighted by atomic mass is 16.5. The number of pyridine rings is 1. The number of nitrogens with zero attached hydrogens (tertiary/aromatic N) is 1. The van der Waals surface area contributed by atoms with Crippen LogP contribution in [-0.4, -0.2) is 42.7 Å². The smallest absolute Gasteiger partial charge is 0.256 e. The molecule has 1 spiro atoms. The molecule has 4 aliphatic carbocycles. The molecule has 3 atom stereocenters. The van der Waals surface area contributed by atoms with Crippen LogP contribution in [0.1, 0.15) is 84.9 Å². The van der Waals surface area contributed by atoms with Crippen molar-refractivity contribution in [3.8, 4) is 0 Å². The first-order valence-electron chi connectivity index (χ1n) is 13.5. The van der Waals surface area contributed by atoms with Gasteiger partial charge in [0.15, 0.2) is 0 Å². The van der Waals surface area contributed by atoms with Gasteiger partial charge in [0.2, 0.25) is 5.43 Å². The molecule has 5 rings (SSSR count). The van der Waals surface area contributed by atoms with Gasteiger partial charge in [0, 0.05) is 38.6 Å². The largest absolute Gasteiger partial charge is 0.383 e. The summed E-state index contributed by atoms with van der Waals surface area (Å²) in [6.07, 6.45) is 19.2. The molecule has 1 aromatic rings. The first-order valence-corrected chi connectivity index (χ1v) is 13.5. The molecule has 1 heterocycles. The maximum absolute atomic E-state index is 13.3. The molecule has 7 heteroatoms. The Labute approximate surface area is 207 Å². The SMILES string of the molecule is COCCn1cc(C(=O)NCC2CC3C=CC2C32CC2)c(=O)c(C(=O)NC2CCCCCCC2)c1. The van der Waals surface area contributed by atoms with Crippen molar-refractivity contribution < 1.29 is 14.3 Å². The van der Waals surface area contributed by atoms with Gasteiger partial charge in [-0.3, -0.25) is 14.4 Å². The van der Waals surface area contributed by atoms with Gasteiger partial charge in [-0.2, -0.15) is 0 Å². The Morgan fingerprint density at radius 3 is 2.37 bits per heavy atom. The van der Waals surface area contributed by atoms with Crippen molar-refractivity contribution in [2.45, 2.75) is 76.8 Å². The Kier molecular flexibility index (Phi) is 7.14. The summed E-state index contributed by atoms with van der Waals surface area (Å²) in [5.41, 5.74) is 0.0463. The van der Waals surface area contributed by atoms with E-state index in [-0.39, 0.29) is 23.1 Å². The van der Waals surface area contributed by atoms with Gasteiger partial charge in [0.25, 0.3) is 11.8 Å². The third-order valence-electron chi connectivity index (χ3n) is 8.93. The zero-order chi connectivity index (χ0) is 24.4. The molecule has 190 valence electrons. The highest BCUT2D eigenvalue weighted by Crippen LogP contribution is 2.69. The van der Waals surface area contributed by atoms with Crippen LogP contribution in [0.2, 0.25) is 0 Å². The second-order valence-electron chi connectivity index (χ2n) is 11.1. The number of nitrogens with one attached hydrogen (secondary N) is 2. The van der Waals surface area contributed by atoms with E-state index in [1.165, 1.54) is 32.1 Å². The summed E-state index contributed by atoms with van der Waals surface area (Å²) in [6, 6.07) is 0.0766. The van der Waals surface area contributed by atoms with Crippen LogP contribution >= 0.6 is 0 Å². The Bertz CT molecular complexity index is 1030. The van der Waals surface area contributed by atoms with E-state index in [4.69, 9.17) is 4.74 Å². The van der Waals surface area contributed by atoms with Crippen LogP contribution in [0.5, 0.6) is 0 Å². The Balaban J connectivity index is 1.30. The molecule has 4 aliphatic rings. The lowest BCUT2D eigenvalue weighted by Crippen LogP contribution is -2.40. The summed E-state index contributed by atoms with van der Waals surface area (Å²) in [5, 5.41) is 6.11. The fourth-order valence-corrected chi connectivity index (χ4v) is 6.82. The molecule has 0 aromatic carbocycles. The van der Waals surface area contributed by atoms with Gasteiger partial charge < -0.3 is 19.9 Å². The predicted octanol–water partition coefficient (Wildman–Crippen LogP) is 3.67. The van der Waals surface area contributed by atoms with Gasteiger partial charge >= 0.3 is 0 Å². The molecule has 2 amide bonds. The Morgan fingerprint density at radius 2 is 1.71 bits per heavy atom. The van der Waals surface area contributed by atoms with Crippen LogP contribution in [0.25, 0.3) is 0 Å². The monoisotopic (exact) mass is 481 g/mol. The van der Waals surface area contributed by atoms with E-state index in [0.29, 0.717) is 42.9 Å². The minimum Gasteiger partial charge on any atom is -0.383 e. The summed E-state index contributed by atoms with van der Waals surface area (Å²) in [5.74, 6) is 0.861. The molecule has 0 aliphatic heterocycles. The number of carbonyl (C=O) groups is 2. The number of rotatable bonds is 8. The molecule has 35 heavy (non-hydrogen) atoms. The average molecular weight is 482 g/mol. The van der Waals surface area contributed by atoms with Crippen LogP contribution in [0.3, 0.4) is 0 Å². The van der Waals surface area contributed by atoms with E-state index in [9.17, 15) is 14.4 Å². The van der Waals surface area contributed by atoms with Gasteiger partial charge in [0.1, 0.15) is 11.1 Å². The molecule has 7 nitrogen and oxygen atoms in total. The maximum Gasteiger partial charge on any atom is 0.256 e. The van der Waals surface area contributed by atoms with Crippen LogP contribution in [-0.2, 0) is 11.3 Å². The van der Waals surface area contributed by atoms with Crippen molar-refractivity contribution in [2.24, 2.45) is 23.2 Å². The van der Waals surface area contributed by atoms with Gasteiger partial charge in [-0.05, 0) is 55.3 Å².